The molecule has 0 bridgehead atoms. The van der Waals surface area contributed by atoms with Gasteiger partial charge < -0.3 is 14.1 Å². The monoisotopic (exact) mass is 379 g/mol. The van der Waals surface area contributed by atoms with Crippen LogP contribution in [0.5, 0.6) is 0 Å². The molecule has 2 aromatic carbocycles. The van der Waals surface area contributed by atoms with Gasteiger partial charge in [0.1, 0.15) is 5.58 Å². The predicted octanol–water partition coefficient (Wildman–Crippen LogP) is 3.56. The Kier molecular flexibility index (Phi) is 5.89. The topological polar surface area (TPSA) is 76.8 Å². The molecule has 3 rings (SSSR count). The lowest BCUT2D eigenvalue weighted by molar-refractivity contribution is -0.140. The van der Waals surface area contributed by atoms with Gasteiger partial charge >= 0.3 is 5.97 Å². The summed E-state index contributed by atoms with van der Waals surface area (Å²) in [5.41, 5.74) is 0.490. The molecular formula is C22H21NO5. The van der Waals surface area contributed by atoms with E-state index in [1.807, 2.05) is 19.9 Å². The third-order valence-corrected chi connectivity index (χ3v) is 4.46. The highest BCUT2D eigenvalue weighted by molar-refractivity contribution is 5.92. The van der Waals surface area contributed by atoms with Gasteiger partial charge in [-0.25, -0.2) is 4.79 Å². The van der Waals surface area contributed by atoms with Gasteiger partial charge in [0.05, 0.1) is 5.39 Å². The lowest BCUT2D eigenvalue weighted by Crippen LogP contribution is -2.36. The highest BCUT2D eigenvalue weighted by atomic mass is 16.6. The van der Waals surface area contributed by atoms with E-state index in [0.717, 1.165) is 6.07 Å². The Hall–Kier alpha value is -3.41. The Labute approximate surface area is 162 Å². The van der Waals surface area contributed by atoms with E-state index in [4.69, 9.17) is 9.15 Å². The lowest BCUT2D eigenvalue weighted by Gasteiger charge is -2.25. The number of fused-ring (bicyclic) bond motifs is 1. The number of nitrogens with zero attached hydrogens (tertiary/aromatic N) is 1. The van der Waals surface area contributed by atoms with Crippen molar-refractivity contribution in [2.75, 3.05) is 13.1 Å². The highest BCUT2D eigenvalue weighted by Crippen LogP contribution is 2.22. The second kappa shape index (κ2) is 8.52. The third-order valence-electron chi connectivity index (χ3n) is 4.46. The Bertz CT molecular complexity index is 1040. The number of carbonyl (C=O) groups excluding carboxylic acids is 2. The van der Waals surface area contributed by atoms with Crippen molar-refractivity contribution < 1.29 is 18.7 Å². The summed E-state index contributed by atoms with van der Waals surface area (Å²) in [6.45, 7) is 4.68. The second-order valence-electron chi connectivity index (χ2n) is 6.18. The maximum Gasteiger partial charge on any atom is 0.375 e. The van der Waals surface area contributed by atoms with Crippen molar-refractivity contribution in [1.29, 1.82) is 0 Å². The molecule has 3 aromatic rings. The summed E-state index contributed by atoms with van der Waals surface area (Å²) in [5, 5.41) is 0.373. The summed E-state index contributed by atoms with van der Waals surface area (Å²) in [6.07, 6.45) is -1.12. The first kappa shape index (κ1) is 19.4. The van der Waals surface area contributed by atoms with Crippen LogP contribution in [0.3, 0.4) is 0 Å². The van der Waals surface area contributed by atoms with Gasteiger partial charge in [-0.05, 0) is 26.0 Å². The predicted molar refractivity (Wildman–Crippen MR) is 105 cm³/mol. The van der Waals surface area contributed by atoms with Crippen molar-refractivity contribution in [3.63, 3.8) is 0 Å². The smallest absolute Gasteiger partial charge is 0.375 e. The van der Waals surface area contributed by atoms with Crippen LogP contribution < -0.4 is 5.43 Å². The summed E-state index contributed by atoms with van der Waals surface area (Å²) >= 11 is 0. The standard InChI is InChI=1S/C22H21NO5/c1-3-23(4-2)21(25)20(15-10-6-5-7-11-15)28-22(26)19-14-17(24)16-12-8-9-13-18(16)27-19/h5-14,20H,3-4H2,1-2H3/t20-/m1/s1. The minimum atomic E-state index is -1.12. The van der Waals surface area contributed by atoms with E-state index >= 15 is 0 Å². The Morgan fingerprint density at radius 1 is 1.00 bits per heavy atom. The first-order valence-corrected chi connectivity index (χ1v) is 9.12. The summed E-state index contributed by atoms with van der Waals surface area (Å²) < 4.78 is 11.0. The van der Waals surface area contributed by atoms with Crippen molar-refractivity contribution in [3.05, 3.63) is 82.2 Å². The molecule has 6 heteroatoms. The number of likely N-dealkylation sites (N-methyl/N-ethyl adjacent to an activating group) is 1. The number of rotatable bonds is 6. The first-order valence-electron chi connectivity index (χ1n) is 9.12. The number of hydrogen-bond donors (Lipinski definition) is 0. The molecule has 0 unspecified atom stereocenters. The van der Waals surface area contributed by atoms with Crippen LogP contribution in [0.15, 0.2) is 69.9 Å². The van der Waals surface area contributed by atoms with E-state index in [-0.39, 0.29) is 22.7 Å². The zero-order valence-corrected chi connectivity index (χ0v) is 15.8. The normalized spacial score (nSPS) is 11.8. The third kappa shape index (κ3) is 3.96. The maximum atomic E-state index is 12.9. The average Bonchev–Trinajstić information content (AvgIpc) is 2.73. The van der Waals surface area contributed by atoms with Crippen LogP contribution in [-0.4, -0.2) is 29.9 Å². The van der Waals surface area contributed by atoms with Crippen LogP contribution in [-0.2, 0) is 9.53 Å². The van der Waals surface area contributed by atoms with Crippen molar-refractivity contribution in [3.8, 4) is 0 Å². The molecule has 0 aliphatic rings. The van der Waals surface area contributed by atoms with Crippen LogP contribution in [0.4, 0.5) is 0 Å². The number of carbonyl (C=O) groups is 2. The van der Waals surface area contributed by atoms with E-state index in [1.165, 1.54) is 0 Å². The molecule has 0 radical (unpaired) electrons. The molecule has 28 heavy (non-hydrogen) atoms. The molecular weight excluding hydrogens is 358 g/mol. The van der Waals surface area contributed by atoms with Gasteiger partial charge in [0.15, 0.2) is 5.43 Å². The SMILES string of the molecule is CCN(CC)C(=O)[C@H](OC(=O)c1cc(=O)c2ccccc2o1)c1ccccc1. The minimum Gasteiger partial charge on any atom is -0.449 e. The number of amides is 1. The van der Waals surface area contributed by atoms with Crippen LogP contribution in [0.25, 0.3) is 11.0 Å². The second-order valence-corrected chi connectivity index (χ2v) is 6.18. The number of para-hydroxylation sites is 1. The Morgan fingerprint density at radius 2 is 1.64 bits per heavy atom. The molecule has 1 amide bonds. The van der Waals surface area contributed by atoms with E-state index in [0.29, 0.717) is 24.0 Å². The summed E-state index contributed by atoms with van der Waals surface area (Å²) in [4.78, 5) is 39.4. The molecule has 1 atom stereocenters. The molecule has 0 N–H and O–H groups in total. The van der Waals surface area contributed by atoms with E-state index in [1.54, 1.807) is 53.4 Å². The van der Waals surface area contributed by atoms with Crippen molar-refractivity contribution in [1.82, 2.24) is 4.90 Å². The summed E-state index contributed by atoms with van der Waals surface area (Å²) in [5.74, 6) is -1.43. The van der Waals surface area contributed by atoms with Gasteiger partial charge in [-0.3, -0.25) is 9.59 Å². The van der Waals surface area contributed by atoms with E-state index < -0.39 is 12.1 Å². The maximum absolute atomic E-state index is 12.9. The molecule has 0 aliphatic carbocycles. The van der Waals surface area contributed by atoms with Crippen LogP contribution in [0, 0.1) is 0 Å². The zero-order valence-electron chi connectivity index (χ0n) is 15.8. The molecule has 0 fully saturated rings. The number of benzene rings is 2. The molecule has 144 valence electrons. The fraction of sp³-hybridized carbons (Fsp3) is 0.227. The molecule has 0 spiro atoms. The van der Waals surface area contributed by atoms with Gasteiger partial charge in [0.25, 0.3) is 5.91 Å². The van der Waals surface area contributed by atoms with Gasteiger partial charge in [-0.1, -0.05) is 42.5 Å². The number of esters is 1. The van der Waals surface area contributed by atoms with E-state index in [9.17, 15) is 14.4 Å². The minimum absolute atomic E-state index is 0.239. The Balaban J connectivity index is 1.95. The summed E-state index contributed by atoms with van der Waals surface area (Å²) in [7, 11) is 0. The molecule has 6 nitrogen and oxygen atoms in total. The number of ether oxygens (including phenoxy) is 1. The van der Waals surface area contributed by atoms with Gasteiger partial charge in [-0.15, -0.1) is 0 Å². The summed E-state index contributed by atoms with van der Waals surface area (Å²) in [6, 6.07) is 16.5. The van der Waals surface area contributed by atoms with Crippen molar-refractivity contribution in [2.45, 2.75) is 20.0 Å². The largest absolute Gasteiger partial charge is 0.449 e. The molecule has 1 aromatic heterocycles. The van der Waals surface area contributed by atoms with Gasteiger partial charge in [0, 0.05) is 24.7 Å². The quantitative estimate of drug-likeness (QED) is 0.612. The van der Waals surface area contributed by atoms with Crippen LogP contribution in [0.1, 0.15) is 36.1 Å². The number of hydrogen-bond acceptors (Lipinski definition) is 5. The van der Waals surface area contributed by atoms with Crippen molar-refractivity contribution >= 4 is 22.8 Å². The Morgan fingerprint density at radius 3 is 2.32 bits per heavy atom. The fourth-order valence-corrected chi connectivity index (χ4v) is 2.96. The fourth-order valence-electron chi connectivity index (χ4n) is 2.96. The van der Waals surface area contributed by atoms with Gasteiger partial charge in [0.2, 0.25) is 11.9 Å². The lowest BCUT2D eigenvalue weighted by atomic mass is 10.1. The van der Waals surface area contributed by atoms with Crippen LogP contribution in [0.2, 0.25) is 0 Å². The van der Waals surface area contributed by atoms with E-state index in [2.05, 4.69) is 0 Å². The molecule has 0 aliphatic heterocycles. The average molecular weight is 379 g/mol. The highest BCUT2D eigenvalue weighted by Gasteiger charge is 2.29. The first-order chi connectivity index (χ1) is 13.5. The van der Waals surface area contributed by atoms with Gasteiger partial charge in [-0.2, -0.15) is 0 Å². The molecule has 0 saturated carbocycles. The zero-order chi connectivity index (χ0) is 20.1. The van der Waals surface area contributed by atoms with Crippen molar-refractivity contribution in [2.24, 2.45) is 0 Å². The molecule has 1 heterocycles. The van der Waals surface area contributed by atoms with Crippen LogP contribution >= 0.6 is 0 Å². The molecule has 0 saturated heterocycles.